The topological polar surface area (TPSA) is 22.1 Å². The van der Waals surface area contributed by atoms with Crippen molar-refractivity contribution in [3.8, 4) is 28.3 Å². The van der Waals surface area contributed by atoms with Gasteiger partial charge in [-0.25, -0.2) is 4.98 Å². The van der Waals surface area contributed by atoms with E-state index in [2.05, 4.69) is 9.72 Å². The summed E-state index contributed by atoms with van der Waals surface area (Å²) >= 11 is 0. The van der Waals surface area contributed by atoms with Gasteiger partial charge in [-0.05, 0) is 36.4 Å². The summed E-state index contributed by atoms with van der Waals surface area (Å²) in [6, 6.07) is 20.9. The largest absolute Gasteiger partial charge is 0.573 e. The van der Waals surface area contributed by atoms with Gasteiger partial charge >= 0.3 is 6.36 Å². The Labute approximate surface area is 131 Å². The van der Waals surface area contributed by atoms with Crippen molar-refractivity contribution in [1.82, 2.24) is 4.98 Å². The molecule has 2 aromatic carbocycles. The SMILES string of the molecule is FC(F)(F)Oc1ccc(-c2cccc(-c3ccccc3)n2)cc1. The highest BCUT2D eigenvalue weighted by Crippen LogP contribution is 2.27. The van der Waals surface area contributed by atoms with Crippen LogP contribution in [0.3, 0.4) is 0 Å². The molecule has 2 nitrogen and oxygen atoms in total. The zero-order chi connectivity index (χ0) is 16.3. The first-order valence-corrected chi connectivity index (χ1v) is 6.90. The van der Waals surface area contributed by atoms with Gasteiger partial charge in [-0.15, -0.1) is 13.2 Å². The van der Waals surface area contributed by atoms with Gasteiger partial charge in [0.25, 0.3) is 0 Å². The predicted molar refractivity (Wildman–Crippen MR) is 81.8 cm³/mol. The third-order valence-electron chi connectivity index (χ3n) is 3.20. The lowest BCUT2D eigenvalue weighted by Crippen LogP contribution is -2.16. The van der Waals surface area contributed by atoms with Crippen LogP contribution >= 0.6 is 0 Å². The quantitative estimate of drug-likeness (QED) is 0.653. The summed E-state index contributed by atoms with van der Waals surface area (Å²) in [6.07, 6.45) is -4.69. The lowest BCUT2D eigenvalue weighted by Gasteiger charge is -2.09. The summed E-state index contributed by atoms with van der Waals surface area (Å²) in [5.41, 5.74) is 3.19. The number of ether oxygens (including phenoxy) is 1. The highest BCUT2D eigenvalue weighted by atomic mass is 19.4. The molecule has 3 rings (SSSR count). The molecule has 0 aliphatic carbocycles. The fourth-order valence-corrected chi connectivity index (χ4v) is 2.19. The van der Waals surface area contributed by atoms with Crippen LogP contribution in [0.4, 0.5) is 13.2 Å². The zero-order valence-electron chi connectivity index (χ0n) is 11.9. The number of alkyl halides is 3. The number of benzene rings is 2. The molecule has 0 unspecified atom stereocenters. The molecule has 1 aromatic heterocycles. The van der Waals surface area contributed by atoms with E-state index in [9.17, 15) is 13.2 Å². The summed E-state index contributed by atoms with van der Waals surface area (Å²) in [5, 5.41) is 0. The van der Waals surface area contributed by atoms with E-state index in [0.717, 1.165) is 16.8 Å². The fraction of sp³-hybridized carbons (Fsp3) is 0.0556. The molecular weight excluding hydrogens is 303 g/mol. The number of rotatable bonds is 3. The number of aromatic nitrogens is 1. The molecule has 5 heteroatoms. The zero-order valence-corrected chi connectivity index (χ0v) is 11.9. The van der Waals surface area contributed by atoms with E-state index in [-0.39, 0.29) is 5.75 Å². The summed E-state index contributed by atoms with van der Waals surface area (Å²) < 4.78 is 40.4. The van der Waals surface area contributed by atoms with Crippen molar-refractivity contribution in [3.05, 3.63) is 72.8 Å². The molecule has 0 N–H and O–H groups in total. The highest BCUT2D eigenvalue weighted by molar-refractivity contribution is 5.66. The van der Waals surface area contributed by atoms with Crippen LogP contribution in [0.5, 0.6) is 5.75 Å². The Morgan fingerprint density at radius 2 is 1.22 bits per heavy atom. The molecule has 0 bridgehead atoms. The van der Waals surface area contributed by atoms with Crippen molar-refractivity contribution in [2.45, 2.75) is 6.36 Å². The lowest BCUT2D eigenvalue weighted by molar-refractivity contribution is -0.274. The average molecular weight is 315 g/mol. The van der Waals surface area contributed by atoms with Crippen LogP contribution in [0.15, 0.2) is 72.8 Å². The van der Waals surface area contributed by atoms with E-state index < -0.39 is 6.36 Å². The van der Waals surface area contributed by atoms with Gasteiger partial charge in [0.2, 0.25) is 0 Å². The molecule has 0 fully saturated rings. The molecule has 0 amide bonds. The third kappa shape index (κ3) is 3.88. The second-order valence-electron chi connectivity index (χ2n) is 4.85. The molecular formula is C18H12F3NO. The van der Waals surface area contributed by atoms with E-state index in [1.54, 1.807) is 12.1 Å². The average Bonchev–Trinajstić information content (AvgIpc) is 2.55. The van der Waals surface area contributed by atoms with Crippen molar-refractivity contribution in [1.29, 1.82) is 0 Å². The first-order valence-electron chi connectivity index (χ1n) is 6.90. The van der Waals surface area contributed by atoms with Crippen molar-refractivity contribution >= 4 is 0 Å². The maximum atomic E-state index is 12.2. The second-order valence-corrected chi connectivity index (χ2v) is 4.85. The molecule has 0 aliphatic rings. The van der Waals surface area contributed by atoms with Crippen molar-refractivity contribution in [3.63, 3.8) is 0 Å². The summed E-state index contributed by atoms with van der Waals surface area (Å²) in [4.78, 5) is 4.55. The van der Waals surface area contributed by atoms with Crippen LogP contribution in [-0.4, -0.2) is 11.3 Å². The highest BCUT2D eigenvalue weighted by Gasteiger charge is 2.30. The summed E-state index contributed by atoms with van der Waals surface area (Å²) in [7, 11) is 0. The smallest absolute Gasteiger partial charge is 0.406 e. The number of pyridine rings is 1. The van der Waals surface area contributed by atoms with E-state index in [4.69, 9.17) is 0 Å². The second kappa shape index (κ2) is 6.12. The van der Waals surface area contributed by atoms with Crippen LogP contribution in [-0.2, 0) is 0 Å². The number of nitrogens with zero attached hydrogens (tertiary/aromatic N) is 1. The Kier molecular flexibility index (Phi) is 4.02. The number of hydrogen-bond acceptors (Lipinski definition) is 2. The van der Waals surface area contributed by atoms with Gasteiger partial charge in [0.1, 0.15) is 5.75 Å². The van der Waals surface area contributed by atoms with Gasteiger partial charge in [-0.1, -0.05) is 36.4 Å². The minimum atomic E-state index is -4.69. The predicted octanol–water partition coefficient (Wildman–Crippen LogP) is 5.31. The van der Waals surface area contributed by atoms with Gasteiger partial charge in [0.05, 0.1) is 11.4 Å². The monoisotopic (exact) mass is 315 g/mol. The van der Waals surface area contributed by atoms with Crippen molar-refractivity contribution in [2.75, 3.05) is 0 Å². The molecule has 23 heavy (non-hydrogen) atoms. The van der Waals surface area contributed by atoms with Crippen molar-refractivity contribution in [2.24, 2.45) is 0 Å². The third-order valence-corrected chi connectivity index (χ3v) is 3.20. The minimum absolute atomic E-state index is 0.250. The summed E-state index contributed by atoms with van der Waals surface area (Å²) in [6.45, 7) is 0. The minimum Gasteiger partial charge on any atom is -0.406 e. The molecule has 0 spiro atoms. The molecule has 0 atom stereocenters. The Bertz CT molecular complexity index is 783. The van der Waals surface area contributed by atoms with Gasteiger partial charge in [-0.3, -0.25) is 0 Å². The van der Waals surface area contributed by atoms with Gasteiger partial charge in [0, 0.05) is 11.1 Å². The first kappa shape index (κ1) is 15.1. The number of hydrogen-bond donors (Lipinski definition) is 0. The summed E-state index contributed by atoms with van der Waals surface area (Å²) in [5.74, 6) is -0.250. The molecule has 0 aliphatic heterocycles. The van der Waals surface area contributed by atoms with Crippen LogP contribution in [0.25, 0.3) is 22.5 Å². The molecule has 0 radical (unpaired) electrons. The van der Waals surface area contributed by atoms with Gasteiger partial charge in [0.15, 0.2) is 0 Å². The molecule has 3 aromatic rings. The maximum absolute atomic E-state index is 12.2. The van der Waals surface area contributed by atoms with Crippen LogP contribution < -0.4 is 4.74 Å². The Balaban J connectivity index is 1.88. The van der Waals surface area contributed by atoms with E-state index in [1.165, 1.54) is 12.1 Å². The van der Waals surface area contributed by atoms with Gasteiger partial charge < -0.3 is 4.74 Å². The Morgan fingerprint density at radius 3 is 1.78 bits per heavy atom. The maximum Gasteiger partial charge on any atom is 0.573 e. The van der Waals surface area contributed by atoms with Crippen LogP contribution in [0.2, 0.25) is 0 Å². The Hall–Kier alpha value is -2.82. The van der Waals surface area contributed by atoms with Gasteiger partial charge in [-0.2, -0.15) is 0 Å². The molecule has 0 saturated carbocycles. The van der Waals surface area contributed by atoms with E-state index in [0.29, 0.717) is 5.69 Å². The standard InChI is InChI=1S/C18H12F3NO/c19-18(20,21)23-15-11-9-14(10-12-15)17-8-4-7-16(22-17)13-5-2-1-3-6-13/h1-12H. The van der Waals surface area contributed by atoms with Crippen LogP contribution in [0, 0.1) is 0 Å². The lowest BCUT2D eigenvalue weighted by atomic mass is 10.1. The molecule has 1 heterocycles. The molecule has 0 saturated heterocycles. The van der Waals surface area contributed by atoms with E-state index in [1.807, 2.05) is 48.5 Å². The first-order chi connectivity index (χ1) is 11.0. The molecule has 116 valence electrons. The Morgan fingerprint density at radius 1 is 0.652 bits per heavy atom. The van der Waals surface area contributed by atoms with E-state index >= 15 is 0 Å². The fourth-order valence-electron chi connectivity index (χ4n) is 2.19. The number of halogens is 3. The van der Waals surface area contributed by atoms with Crippen molar-refractivity contribution < 1.29 is 17.9 Å². The van der Waals surface area contributed by atoms with Crippen LogP contribution in [0.1, 0.15) is 0 Å². The normalized spacial score (nSPS) is 11.3.